The normalized spacial score (nSPS) is 10.5. The van der Waals surface area contributed by atoms with Crippen molar-refractivity contribution >= 4 is 28.3 Å². The number of fused-ring (bicyclic) bond motifs is 1. The lowest BCUT2D eigenvalue weighted by atomic mass is 10.2. The van der Waals surface area contributed by atoms with E-state index in [2.05, 4.69) is 20.9 Å². The van der Waals surface area contributed by atoms with Crippen LogP contribution in [-0.4, -0.2) is 9.55 Å². The highest BCUT2D eigenvalue weighted by molar-refractivity contribution is 6.33. The highest BCUT2D eigenvalue weighted by Gasteiger charge is 2.08. The quantitative estimate of drug-likeness (QED) is 0.801. The minimum absolute atomic E-state index is 0.535. The lowest BCUT2D eigenvalue weighted by Crippen LogP contribution is -2.06. The Morgan fingerprint density at radius 2 is 2.10 bits per heavy atom. The molecule has 1 aromatic heterocycles. The van der Waals surface area contributed by atoms with E-state index in [0.29, 0.717) is 17.1 Å². The third kappa shape index (κ3) is 2.56. The van der Waals surface area contributed by atoms with Gasteiger partial charge in [-0.3, -0.25) is 0 Å². The van der Waals surface area contributed by atoms with Gasteiger partial charge in [0.25, 0.3) is 0 Å². The molecule has 5 heteroatoms. The molecule has 104 valence electrons. The first kappa shape index (κ1) is 13.5. The maximum Gasteiger partial charge on any atom is 0.128 e. The number of aromatic nitrogens is 2. The molecule has 0 atom stereocenters. The Bertz CT molecular complexity index is 845. The molecule has 0 saturated carbocycles. The first-order valence-electron chi connectivity index (χ1n) is 6.53. The van der Waals surface area contributed by atoms with Gasteiger partial charge < -0.3 is 9.88 Å². The smallest absolute Gasteiger partial charge is 0.128 e. The van der Waals surface area contributed by atoms with Crippen LogP contribution in [0.1, 0.15) is 11.4 Å². The van der Waals surface area contributed by atoms with Crippen LogP contribution in [-0.2, 0) is 13.6 Å². The molecule has 2 aromatic carbocycles. The van der Waals surface area contributed by atoms with Gasteiger partial charge in [-0.25, -0.2) is 4.98 Å². The number of benzene rings is 2. The first-order chi connectivity index (χ1) is 10.2. The van der Waals surface area contributed by atoms with E-state index in [4.69, 9.17) is 16.9 Å². The zero-order valence-electron chi connectivity index (χ0n) is 11.5. The number of nitrogens with one attached hydrogen (secondary N) is 1. The number of halogens is 1. The molecule has 0 bridgehead atoms. The van der Waals surface area contributed by atoms with Crippen molar-refractivity contribution in [1.82, 2.24) is 9.55 Å². The molecule has 0 saturated heterocycles. The lowest BCUT2D eigenvalue weighted by molar-refractivity contribution is 0.834. The van der Waals surface area contributed by atoms with E-state index >= 15 is 0 Å². The van der Waals surface area contributed by atoms with Gasteiger partial charge in [0.2, 0.25) is 0 Å². The second-order valence-electron chi connectivity index (χ2n) is 4.74. The maximum absolute atomic E-state index is 8.84. The van der Waals surface area contributed by atoms with E-state index in [1.54, 1.807) is 12.1 Å². The molecule has 3 aromatic rings. The van der Waals surface area contributed by atoms with Gasteiger partial charge in [-0.15, -0.1) is 0 Å². The molecule has 1 N–H and O–H groups in total. The number of anilines is 1. The molecular formula is C16H13ClN4. The Labute approximate surface area is 127 Å². The van der Waals surface area contributed by atoms with Crippen LogP contribution in [0.2, 0.25) is 5.02 Å². The van der Waals surface area contributed by atoms with Crippen LogP contribution in [0.15, 0.2) is 42.5 Å². The lowest BCUT2D eigenvalue weighted by Gasteiger charge is -2.08. The number of nitrogens with zero attached hydrogens (tertiary/aromatic N) is 3. The summed E-state index contributed by atoms with van der Waals surface area (Å²) in [5.74, 6) is 0.927. The molecule has 0 amide bonds. The molecule has 21 heavy (non-hydrogen) atoms. The van der Waals surface area contributed by atoms with Crippen LogP contribution >= 0.6 is 11.6 Å². The standard InChI is InChI=1S/C16H13ClN4/c1-21-15-5-3-2-4-14(15)20-16(21)10-19-13-7-6-11(9-18)8-12(13)17/h2-8,19H,10H2,1H3. The Morgan fingerprint density at radius 3 is 2.81 bits per heavy atom. The first-order valence-corrected chi connectivity index (χ1v) is 6.90. The SMILES string of the molecule is Cn1c(CNc2ccc(C#N)cc2Cl)nc2ccccc21. The van der Waals surface area contributed by atoms with E-state index in [9.17, 15) is 0 Å². The largest absolute Gasteiger partial charge is 0.377 e. The average Bonchev–Trinajstić information content (AvgIpc) is 2.83. The molecule has 4 nitrogen and oxygen atoms in total. The highest BCUT2D eigenvalue weighted by Crippen LogP contribution is 2.23. The molecule has 0 fully saturated rings. The third-order valence-corrected chi connectivity index (χ3v) is 3.73. The molecule has 0 aliphatic carbocycles. The number of para-hydroxylation sites is 2. The summed E-state index contributed by atoms with van der Waals surface area (Å²) in [5.41, 5.74) is 3.42. The van der Waals surface area contributed by atoms with E-state index < -0.39 is 0 Å². The van der Waals surface area contributed by atoms with Crippen molar-refractivity contribution < 1.29 is 0 Å². The fourth-order valence-electron chi connectivity index (χ4n) is 2.26. The van der Waals surface area contributed by atoms with Gasteiger partial charge in [0.15, 0.2) is 0 Å². The van der Waals surface area contributed by atoms with Gasteiger partial charge in [0, 0.05) is 7.05 Å². The van der Waals surface area contributed by atoms with E-state index in [1.165, 1.54) is 0 Å². The van der Waals surface area contributed by atoms with Gasteiger partial charge in [0.05, 0.1) is 39.9 Å². The molecule has 0 aliphatic heterocycles. The van der Waals surface area contributed by atoms with Gasteiger partial charge in [-0.1, -0.05) is 23.7 Å². The molecule has 1 heterocycles. The summed E-state index contributed by atoms with van der Waals surface area (Å²) in [7, 11) is 1.99. The summed E-state index contributed by atoms with van der Waals surface area (Å²) >= 11 is 6.15. The predicted octanol–water partition coefficient (Wildman–Crippen LogP) is 3.71. The van der Waals surface area contributed by atoms with E-state index in [-0.39, 0.29) is 0 Å². The minimum atomic E-state index is 0.535. The summed E-state index contributed by atoms with van der Waals surface area (Å²) in [6, 6.07) is 15.3. The predicted molar refractivity (Wildman–Crippen MR) is 84.2 cm³/mol. The fraction of sp³-hybridized carbons (Fsp3) is 0.125. The number of nitriles is 1. The average molecular weight is 297 g/mol. The van der Waals surface area contributed by atoms with Crippen molar-refractivity contribution in [2.45, 2.75) is 6.54 Å². The van der Waals surface area contributed by atoms with Crippen LogP contribution in [0, 0.1) is 11.3 Å². The Balaban J connectivity index is 1.84. The van der Waals surface area contributed by atoms with Crippen molar-refractivity contribution in [3.63, 3.8) is 0 Å². The third-order valence-electron chi connectivity index (χ3n) is 3.41. The number of imidazole rings is 1. The molecule has 0 unspecified atom stereocenters. The molecule has 3 rings (SSSR count). The van der Waals surface area contributed by atoms with E-state index in [0.717, 1.165) is 22.5 Å². The van der Waals surface area contributed by atoms with Crippen LogP contribution in [0.4, 0.5) is 5.69 Å². The van der Waals surface area contributed by atoms with Crippen LogP contribution in [0.3, 0.4) is 0 Å². The number of hydrogen-bond acceptors (Lipinski definition) is 3. The molecule has 0 aliphatic rings. The fourth-order valence-corrected chi connectivity index (χ4v) is 2.50. The van der Waals surface area contributed by atoms with Crippen molar-refractivity contribution in [2.24, 2.45) is 7.05 Å². The van der Waals surface area contributed by atoms with Gasteiger partial charge in [-0.05, 0) is 30.3 Å². The number of hydrogen-bond donors (Lipinski definition) is 1. The minimum Gasteiger partial charge on any atom is -0.377 e. The molecule has 0 spiro atoms. The van der Waals surface area contributed by atoms with Gasteiger partial charge in [-0.2, -0.15) is 5.26 Å². The van der Waals surface area contributed by atoms with Crippen LogP contribution in [0.5, 0.6) is 0 Å². The zero-order valence-corrected chi connectivity index (χ0v) is 12.2. The summed E-state index contributed by atoms with van der Waals surface area (Å²) < 4.78 is 2.06. The Kier molecular flexibility index (Phi) is 3.51. The summed E-state index contributed by atoms with van der Waals surface area (Å²) in [5, 5.41) is 12.6. The second-order valence-corrected chi connectivity index (χ2v) is 5.14. The van der Waals surface area contributed by atoms with Crippen molar-refractivity contribution in [3.05, 3.63) is 58.9 Å². The zero-order chi connectivity index (χ0) is 14.8. The number of rotatable bonds is 3. The van der Waals surface area contributed by atoms with Crippen LogP contribution < -0.4 is 5.32 Å². The Hall–Kier alpha value is -2.51. The molecular weight excluding hydrogens is 284 g/mol. The number of aryl methyl sites for hydroxylation is 1. The maximum atomic E-state index is 8.84. The summed E-state index contributed by atoms with van der Waals surface area (Å²) in [6.07, 6.45) is 0. The van der Waals surface area contributed by atoms with Crippen molar-refractivity contribution in [3.8, 4) is 6.07 Å². The second kappa shape index (κ2) is 5.47. The van der Waals surface area contributed by atoms with Crippen LogP contribution in [0.25, 0.3) is 11.0 Å². The Morgan fingerprint density at radius 1 is 1.29 bits per heavy atom. The topological polar surface area (TPSA) is 53.6 Å². The van der Waals surface area contributed by atoms with Crippen molar-refractivity contribution in [1.29, 1.82) is 5.26 Å². The highest BCUT2D eigenvalue weighted by atomic mass is 35.5. The van der Waals surface area contributed by atoms with E-state index in [1.807, 2.05) is 37.4 Å². The molecule has 0 radical (unpaired) electrons. The van der Waals surface area contributed by atoms with Gasteiger partial charge >= 0.3 is 0 Å². The summed E-state index contributed by atoms with van der Waals surface area (Å²) in [4.78, 5) is 4.60. The van der Waals surface area contributed by atoms with Crippen molar-refractivity contribution in [2.75, 3.05) is 5.32 Å². The van der Waals surface area contributed by atoms with Gasteiger partial charge in [0.1, 0.15) is 5.82 Å². The summed E-state index contributed by atoms with van der Waals surface area (Å²) in [6.45, 7) is 0.566. The monoisotopic (exact) mass is 296 g/mol.